The minimum absolute atomic E-state index is 0.337. The fourth-order valence-electron chi connectivity index (χ4n) is 4.40. The lowest BCUT2D eigenvalue weighted by molar-refractivity contribution is -0.119. The van der Waals surface area contributed by atoms with Crippen LogP contribution in [0.2, 0.25) is 0 Å². The molecule has 4 unspecified atom stereocenters. The molecule has 3 aliphatic carbocycles. The van der Waals surface area contributed by atoms with Crippen LogP contribution in [0, 0.1) is 23.7 Å². The van der Waals surface area contributed by atoms with Crippen LogP contribution in [0.15, 0.2) is 36.4 Å². The van der Waals surface area contributed by atoms with Gasteiger partial charge in [0.1, 0.15) is 0 Å². The minimum Gasteiger partial charge on any atom is -0.295 e. The van der Waals surface area contributed by atoms with Gasteiger partial charge in [-0.1, -0.05) is 30.3 Å². The molecular formula is C16H16O. The van der Waals surface area contributed by atoms with Gasteiger partial charge < -0.3 is 0 Å². The van der Waals surface area contributed by atoms with Crippen LogP contribution in [0.4, 0.5) is 0 Å². The number of hydrogen-bond donors (Lipinski definition) is 0. The first-order valence-corrected chi connectivity index (χ1v) is 6.65. The summed E-state index contributed by atoms with van der Waals surface area (Å²) in [7, 11) is 0. The lowest BCUT2D eigenvalue weighted by Crippen LogP contribution is -2.23. The molecule has 3 aliphatic rings. The number of benzene rings is 1. The van der Waals surface area contributed by atoms with Gasteiger partial charge in [-0.15, -0.1) is 0 Å². The van der Waals surface area contributed by atoms with E-state index in [1.165, 1.54) is 30.4 Å². The summed E-state index contributed by atoms with van der Waals surface area (Å²) >= 11 is 0. The average Bonchev–Trinajstić information content (AvgIpc) is 3.03. The van der Waals surface area contributed by atoms with Crippen molar-refractivity contribution < 1.29 is 4.79 Å². The Morgan fingerprint density at radius 3 is 2.41 bits per heavy atom. The zero-order valence-electron chi connectivity index (χ0n) is 9.80. The second-order valence-electron chi connectivity index (χ2n) is 5.75. The molecule has 0 heterocycles. The molecule has 2 fully saturated rings. The predicted octanol–water partition coefficient (Wildman–Crippen LogP) is 3.32. The fraction of sp³-hybridized carbons (Fsp3) is 0.438. The molecule has 17 heavy (non-hydrogen) atoms. The smallest absolute Gasteiger partial charge is 0.159 e. The van der Waals surface area contributed by atoms with Gasteiger partial charge in [0.2, 0.25) is 0 Å². The standard InChI is InChI=1S/C16H16O/c17-14-9-13(10-4-2-1-3-5-10)15-11-6-7-12(8-11)16(14)15/h1-5,9,11-12,15-16H,6-8H2. The Morgan fingerprint density at radius 2 is 1.65 bits per heavy atom. The first kappa shape index (κ1) is 9.64. The molecule has 0 aromatic heterocycles. The highest BCUT2D eigenvalue weighted by Gasteiger charge is 2.54. The first-order chi connectivity index (χ1) is 8.34. The van der Waals surface area contributed by atoms with Crippen LogP contribution in [0.1, 0.15) is 24.8 Å². The lowest BCUT2D eigenvalue weighted by Gasteiger charge is -2.26. The number of hydrogen-bond acceptors (Lipinski definition) is 1. The zero-order chi connectivity index (χ0) is 11.4. The van der Waals surface area contributed by atoms with Crippen molar-refractivity contribution in [3.05, 3.63) is 42.0 Å². The molecule has 1 nitrogen and oxygen atoms in total. The van der Waals surface area contributed by atoms with E-state index in [2.05, 4.69) is 24.3 Å². The second kappa shape index (κ2) is 3.32. The second-order valence-corrected chi connectivity index (χ2v) is 5.75. The van der Waals surface area contributed by atoms with E-state index in [9.17, 15) is 4.79 Å². The summed E-state index contributed by atoms with van der Waals surface area (Å²) in [5.41, 5.74) is 2.59. The van der Waals surface area contributed by atoms with Gasteiger partial charge in [-0.2, -0.15) is 0 Å². The van der Waals surface area contributed by atoms with Gasteiger partial charge >= 0.3 is 0 Å². The van der Waals surface area contributed by atoms with Crippen molar-refractivity contribution in [2.75, 3.05) is 0 Å². The highest BCUT2D eigenvalue weighted by molar-refractivity contribution is 6.05. The van der Waals surface area contributed by atoms with Crippen LogP contribution < -0.4 is 0 Å². The highest BCUT2D eigenvalue weighted by Crippen LogP contribution is 2.59. The molecule has 0 amide bonds. The molecule has 4 rings (SSSR count). The molecule has 0 aliphatic heterocycles. The summed E-state index contributed by atoms with van der Waals surface area (Å²) in [6.45, 7) is 0. The van der Waals surface area contributed by atoms with Crippen molar-refractivity contribution in [3.63, 3.8) is 0 Å². The van der Waals surface area contributed by atoms with Crippen molar-refractivity contribution in [1.29, 1.82) is 0 Å². The van der Waals surface area contributed by atoms with E-state index in [4.69, 9.17) is 0 Å². The Bertz CT molecular complexity index is 500. The average molecular weight is 224 g/mol. The van der Waals surface area contributed by atoms with E-state index >= 15 is 0 Å². The Hall–Kier alpha value is -1.37. The van der Waals surface area contributed by atoms with Crippen molar-refractivity contribution in [2.24, 2.45) is 23.7 Å². The molecule has 86 valence electrons. The van der Waals surface area contributed by atoms with E-state index < -0.39 is 0 Å². The third-order valence-corrected chi connectivity index (χ3v) is 5.01. The quantitative estimate of drug-likeness (QED) is 0.715. The summed E-state index contributed by atoms with van der Waals surface area (Å²) in [6, 6.07) is 10.5. The van der Waals surface area contributed by atoms with Crippen molar-refractivity contribution in [3.8, 4) is 0 Å². The van der Waals surface area contributed by atoms with Crippen LogP contribution in [-0.4, -0.2) is 5.78 Å². The number of carbonyl (C=O) groups excluding carboxylic acids is 1. The third kappa shape index (κ3) is 1.23. The molecule has 0 saturated heterocycles. The van der Waals surface area contributed by atoms with E-state index in [0.717, 1.165) is 5.92 Å². The number of carbonyl (C=O) groups is 1. The normalized spacial score (nSPS) is 38.4. The third-order valence-electron chi connectivity index (χ3n) is 5.01. The van der Waals surface area contributed by atoms with Gasteiger partial charge in [-0.3, -0.25) is 4.79 Å². The summed E-state index contributed by atoms with van der Waals surface area (Å²) in [5.74, 6) is 2.76. The Balaban J connectivity index is 1.78. The highest BCUT2D eigenvalue weighted by atomic mass is 16.1. The summed E-state index contributed by atoms with van der Waals surface area (Å²) < 4.78 is 0. The summed E-state index contributed by atoms with van der Waals surface area (Å²) in [4.78, 5) is 12.2. The zero-order valence-corrected chi connectivity index (χ0v) is 9.80. The van der Waals surface area contributed by atoms with Gasteiger partial charge in [0, 0.05) is 5.92 Å². The molecule has 0 N–H and O–H groups in total. The summed E-state index contributed by atoms with van der Waals surface area (Å²) in [5, 5.41) is 0. The SMILES string of the molecule is O=C1C=C(c2ccccc2)C2C3CCC(C3)C12. The number of ketones is 1. The molecule has 2 bridgehead atoms. The maximum Gasteiger partial charge on any atom is 0.159 e. The van der Waals surface area contributed by atoms with Gasteiger partial charge in [0.05, 0.1) is 0 Å². The van der Waals surface area contributed by atoms with Gasteiger partial charge in [0.15, 0.2) is 5.78 Å². The Labute approximate surface area is 102 Å². The van der Waals surface area contributed by atoms with Crippen LogP contribution in [0.3, 0.4) is 0 Å². The monoisotopic (exact) mass is 224 g/mol. The lowest BCUT2D eigenvalue weighted by atomic mass is 9.77. The molecule has 0 radical (unpaired) electrons. The molecule has 0 spiro atoms. The maximum atomic E-state index is 12.2. The first-order valence-electron chi connectivity index (χ1n) is 6.65. The van der Waals surface area contributed by atoms with Crippen molar-refractivity contribution >= 4 is 11.4 Å². The van der Waals surface area contributed by atoms with Crippen molar-refractivity contribution in [1.82, 2.24) is 0 Å². The molecule has 1 heteroatoms. The molecule has 1 aromatic rings. The number of allylic oxidation sites excluding steroid dienone is 2. The van der Waals surface area contributed by atoms with Gasteiger partial charge in [-0.25, -0.2) is 0 Å². The Morgan fingerprint density at radius 1 is 0.941 bits per heavy atom. The molecule has 2 saturated carbocycles. The van der Waals surface area contributed by atoms with Crippen LogP contribution in [0.25, 0.3) is 5.57 Å². The fourth-order valence-corrected chi connectivity index (χ4v) is 4.40. The van der Waals surface area contributed by atoms with E-state index in [1.807, 2.05) is 12.1 Å². The van der Waals surface area contributed by atoms with Crippen LogP contribution >= 0.6 is 0 Å². The molecular weight excluding hydrogens is 208 g/mol. The maximum absolute atomic E-state index is 12.2. The molecule has 4 atom stereocenters. The molecule has 1 aromatic carbocycles. The topological polar surface area (TPSA) is 17.1 Å². The summed E-state index contributed by atoms with van der Waals surface area (Å²) in [6.07, 6.45) is 5.86. The van der Waals surface area contributed by atoms with E-state index in [0.29, 0.717) is 23.5 Å². The predicted molar refractivity (Wildman–Crippen MR) is 67.2 cm³/mol. The van der Waals surface area contributed by atoms with Crippen LogP contribution in [-0.2, 0) is 4.79 Å². The Kier molecular flexibility index (Phi) is 1.88. The van der Waals surface area contributed by atoms with Gasteiger partial charge in [0.25, 0.3) is 0 Å². The number of rotatable bonds is 1. The van der Waals surface area contributed by atoms with Crippen molar-refractivity contribution in [2.45, 2.75) is 19.3 Å². The van der Waals surface area contributed by atoms with E-state index in [-0.39, 0.29) is 0 Å². The number of fused-ring (bicyclic) bond motifs is 5. The van der Waals surface area contributed by atoms with E-state index in [1.54, 1.807) is 0 Å². The van der Waals surface area contributed by atoms with Gasteiger partial charge in [-0.05, 0) is 54.2 Å². The largest absolute Gasteiger partial charge is 0.295 e. The minimum atomic E-state index is 0.337. The van der Waals surface area contributed by atoms with Crippen LogP contribution in [0.5, 0.6) is 0 Å².